The lowest BCUT2D eigenvalue weighted by Gasteiger charge is -2.23. The number of aliphatic hydroxyl groups is 2. The second kappa shape index (κ2) is 11.4. The van der Waals surface area contributed by atoms with E-state index in [0.717, 1.165) is 5.56 Å². The molecule has 9 nitrogen and oxygen atoms in total. The smallest absolute Gasteiger partial charge is 0.306 e. The summed E-state index contributed by atoms with van der Waals surface area (Å²) in [4.78, 5) is 37.8. The van der Waals surface area contributed by atoms with Crippen molar-refractivity contribution in [2.75, 3.05) is 20.7 Å². The molecule has 0 bridgehead atoms. The van der Waals surface area contributed by atoms with Gasteiger partial charge >= 0.3 is 5.97 Å². The quantitative estimate of drug-likeness (QED) is 0.446. The molecule has 0 radical (unpaired) electrons. The van der Waals surface area contributed by atoms with Gasteiger partial charge in [0.15, 0.2) is 0 Å². The van der Waals surface area contributed by atoms with Crippen molar-refractivity contribution in [2.24, 2.45) is 5.41 Å². The maximum Gasteiger partial charge on any atom is 0.306 e. The third kappa shape index (κ3) is 7.58. The molecule has 1 aromatic rings. The van der Waals surface area contributed by atoms with Gasteiger partial charge in [0.1, 0.15) is 18.3 Å². The van der Waals surface area contributed by atoms with Crippen molar-refractivity contribution in [3.8, 4) is 0 Å². The summed E-state index contributed by atoms with van der Waals surface area (Å²) in [5.41, 5.74) is 0.386. The van der Waals surface area contributed by atoms with Gasteiger partial charge in [0, 0.05) is 26.6 Å². The molecule has 0 aliphatic carbocycles. The number of ether oxygens (including phenoxy) is 2. The Morgan fingerprint density at radius 2 is 1.72 bits per heavy atom. The number of amides is 2. The van der Waals surface area contributed by atoms with Crippen molar-refractivity contribution in [1.29, 1.82) is 0 Å². The molecule has 1 aliphatic rings. The first-order valence-electron chi connectivity index (χ1n) is 10.7. The van der Waals surface area contributed by atoms with Crippen molar-refractivity contribution in [3.05, 3.63) is 35.9 Å². The van der Waals surface area contributed by atoms with Gasteiger partial charge in [0.05, 0.1) is 26.1 Å². The Bertz CT molecular complexity index is 784. The third-order valence-electron chi connectivity index (χ3n) is 5.52. The van der Waals surface area contributed by atoms with Crippen molar-refractivity contribution in [3.63, 3.8) is 0 Å². The molecular weight excluding hydrogens is 416 g/mol. The molecule has 4 unspecified atom stereocenters. The van der Waals surface area contributed by atoms with E-state index in [1.54, 1.807) is 20.9 Å². The molecule has 1 fully saturated rings. The molecule has 2 rings (SSSR count). The number of rotatable bonds is 10. The number of carbonyl (C=O) groups is 3. The van der Waals surface area contributed by atoms with Crippen LogP contribution >= 0.6 is 0 Å². The van der Waals surface area contributed by atoms with Crippen LogP contribution in [0, 0.1) is 5.41 Å². The lowest BCUT2D eigenvalue weighted by Crippen LogP contribution is -2.41. The highest BCUT2D eigenvalue weighted by Gasteiger charge is 2.43. The summed E-state index contributed by atoms with van der Waals surface area (Å²) in [7, 11) is 2.96. The highest BCUT2D eigenvalue weighted by Crippen LogP contribution is 2.26. The standard InChI is InChI=1S/C23H34N2O7/c1-23(2,12-20(28)31-4)11-18(26)24-13-17-22(30)21(29)16(32-17)10-19(27)25(3)14-15-8-6-5-7-9-15/h5-9,16-17,21-22,29-30H,10-14H2,1-4H3,(H,24,26). The predicted molar refractivity (Wildman–Crippen MR) is 116 cm³/mol. The van der Waals surface area contributed by atoms with Crippen LogP contribution in [0.5, 0.6) is 0 Å². The fraction of sp³-hybridized carbons (Fsp3) is 0.609. The molecule has 1 saturated heterocycles. The summed E-state index contributed by atoms with van der Waals surface area (Å²) in [6, 6.07) is 9.51. The van der Waals surface area contributed by atoms with E-state index in [9.17, 15) is 24.6 Å². The summed E-state index contributed by atoms with van der Waals surface area (Å²) in [5.74, 6) is -0.934. The Hall–Kier alpha value is -2.49. The second-order valence-corrected chi connectivity index (χ2v) is 9.03. The number of hydrogen-bond donors (Lipinski definition) is 3. The maximum absolute atomic E-state index is 12.5. The fourth-order valence-corrected chi connectivity index (χ4v) is 3.67. The number of nitrogens with zero attached hydrogens (tertiary/aromatic N) is 1. The van der Waals surface area contributed by atoms with Gasteiger partial charge in [-0.3, -0.25) is 14.4 Å². The molecule has 0 aromatic heterocycles. The molecule has 1 heterocycles. The van der Waals surface area contributed by atoms with E-state index < -0.39 is 35.8 Å². The average Bonchev–Trinajstić information content (AvgIpc) is 2.99. The summed E-state index contributed by atoms with van der Waals surface area (Å²) in [6.07, 6.45) is -4.07. The molecule has 1 aromatic carbocycles. The zero-order valence-electron chi connectivity index (χ0n) is 19.1. The van der Waals surface area contributed by atoms with Gasteiger partial charge in [0.25, 0.3) is 0 Å². The predicted octanol–water partition coefficient (Wildman–Crippen LogP) is 0.620. The normalized spacial score (nSPS) is 22.9. The molecule has 9 heteroatoms. The zero-order valence-corrected chi connectivity index (χ0v) is 19.1. The molecule has 178 valence electrons. The van der Waals surface area contributed by atoms with E-state index in [2.05, 4.69) is 10.1 Å². The van der Waals surface area contributed by atoms with E-state index in [1.165, 1.54) is 12.0 Å². The Morgan fingerprint density at radius 1 is 1.09 bits per heavy atom. The van der Waals surface area contributed by atoms with Crippen LogP contribution in [0.15, 0.2) is 30.3 Å². The van der Waals surface area contributed by atoms with E-state index in [-0.39, 0.29) is 37.6 Å². The molecule has 0 spiro atoms. The SMILES string of the molecule is COC(=O)CC(C)(C)CC(=O)NCC1OC(CC(=O)N(C)Cc2ccccc2)C(O)C1O. The van der Waals surface area contributed by atoms with Gasteiger partial charge in [0.2, 0.25) is 11.8 Å². The lowest BCUT2D eigenvalue weighted by molar-refractivity contribution is -0.143. The number of hydrogen-bond acceptors (Lipinski definition) is 7. The molecule has 4 atom stereocenters. The van der Waals surface area contributed by atoms with Crippen molar-refractivity contribution in [2.45, 2.75) is 64.1 Å². The Kier molecular flexibility index (Phi) is 9.18. The fourth-order valence-electron chi connectivity index (χ4n) is 3.67. The second-order valence-electron chi connectivity index (χ2n) is 9.03. The van der Waals surface area contributed by atoms with E-state index in [0.29, 0.717) is 6.54 Å². The largest absolute Gasteiger partial charge is 0.469 e. The zero-order chi connectivity index (χ0) is 23.9. The van der Waals surface area contributed by atoms with Crippen LogP contribution in [-0.2, 0) is 30.4 Å². The van der Waals surface area contributed by atoms with Gasteiger partial charge in [-0.2, -0.15) is 0 Å². The molecule has 32 heavy (non-hydrogen) atoms. The first-order valence-corrected chi connectivity index (χ1v) is 10.7. The van der Waals surface area contributed by atoms with Crippen LogP contribution in [0.4, 0.5) is 0 Å². The van der Waals surface area contributed by atoms with Crippen molar-refractivity contribution in [1.82, 2.24) is 10.2 Å². The minimum absolute atomic E-state index is 0.0179. The molecule has 1 aliphatic heterocycles. The van der Waals surface area contributed by atoms with Gasteiger partial charge in [-0.1, -0.05) is 44.2 Å². The van der Waals surface area contributed by atoms with Crippen molar-refractivity contribution < 1.29 is 34.1 Å². The van der Waals surface area contributed by atoms with E-state index >= 15 is 0 Å². The molecule has 2 amide bonds. The topological polar surface area (TPSA) is 125 Å². The van der Waals surface area contributed by atoms with Gasteiger partial charge in [-0.25, -0.2) is 0 Å². The number of aliphatic hydroxyl groups excluding tert-OH is 2. The number of esters is 1. The number of carbonyl (C=O) groups excluding carboxylic acids is 3. The van der Waals surface area contributed by atoms with E-state index in [1.807, 2.05) is 30.3 Å². The van der Waals surface area contributed by atoms with Crippen LogP contribution < -0.4 is 5.32 Å². The summed E-state index contributed by atoms with van der Waals surface area (Å²) >= 11 is 0. The van der Waals surface area contributed by atoms with Crippen LogP contribution in [-0.4, -0.2) is 78.0 Å². The Balaban J connectivity index is 1.82. The molecule has 3 N–H and O–H groups in total. The Labute approximate surface area is 188 Å². The summed E-state index contributed by atoms with van der Waals surface area (Å²) in [6.45, 7) is 3.96. The highest BCUT2D eigenvalue weighted by molar-refractivity contribution is 5.78. The van der Waals surface area contributed by atoms with Gasteiger partial charge < -0.3 is 29.9 Å². The lowest BCUT2D eigenvalue weighted by atomic mass is 9.85. The van der Waals surface area contributed by atoms with Gasteiger partial charge in [-0.15, -0.1) is 0 Å². The number of methoxy groups -OCH3 is 1. The minimum atomic E-state index is -1.23. The first kappa shape index (κ1) is 25.8. The van der Waals surface area contributed by atoms with Crippen LogP contribution in [0.3, 0.4) is 0 Å². The monoisotopic (exact) mass is 450 g/mol. The molecule has 0 saturated carbocycles. The van der Waals surface area contributed by atoms with Crippen molar-refractivity contribution >= 4 is 17.8 Å². The summed E-state index contributed by atoms with van der Waals surface area (Å²) < 4.78 is 10.3. The Morgan fingerprint density at radius 3 is 2.34 bits per heavy atom. The van der Waals surface area contributed by atoms with E-state index in [4.69, 9.17) is 4.74 Å². The molecular formula is C23H34N2O7. The summed E-state index contributed by atoms with van der Waals surface area (Å²) in [5, 5.41) is 23.3. The van der Waals surface area contributed by atoms with Crippen LogP contribution in [0.2, 0.25) is 0 Å². The number of benzene rings is 1. The number of nitrogens with one attached hydrogen (secondary N) is 1. The van der Waals surface area contributed by atoms with Crippen LogP contribution in [0.1, 0.15) is 38.7 Å². The third-order valence-corrected chi connectivity index (χ3v) is 5.52. The van der Waals surface area contributed by atoms with Gasteiger partial charge in [-0.05, 0) is 11.0 Å². The average molecular weight is 451 g/mol. The maximum atomic E-state index is 12.5. The first-order chi connectivity index (χ1) is 15.0. The minimum Gasteiger partial charge on any atom is -0.469 e. The highest BCUT2D eigenvalue weighted by atomic mass is 16.5. The van der Waals surface area contributed by atoms with Crippen LogP contribution in [0.25, 0.3) is 0 Å².